The molecule has 1 atom stereocenters. The fourth-order valence-electron chi connectivity index (χ4n) is 2.41. The summed E-state index contributed by atoms with van der Waals surface area (Å²) in [6.45, 7) is 1.55. The van der Waals surface area contributed by atoms with Crippen LogP contribution in [0.3, 0.4) is 0 Å². The Morgan fingerprint density at radius 2 is 1.71 bits per heavy atom. The fraction of sp³-hybridized carbons (Fsp3) is 0.500. The summed E-state index contributed by atoms with van der Waals surface area (Å²) in [6.07, 6.45) is -4.71. The molecule has 0 radical (unpaired) electrons. The average Bonchev–Trinajstić information content (AvgIpc) is 2.45. The van der Waals surface area contributed by atoms with Crippen LogP contribution in [-0.2, 0) is 4.79 Å². The minimum absolute atomic E-state index is 0.425. The van der Waals surface area contributed by atoms with Gasteiger partial charge in [-0.05, 0) is 12.1 Å². The lowest BCUT2D eigenvalue weighted by Crippen LogP contribution is -2.50. The van der Waals surface area contributed by atoms with E-state index >= 15 is 0 Å². The van der Waals surface area contributed by atoms with Crippen LogP contribution in [-0.4, -0.2) is 54.9 Å². The first-order valence-electron chi connectivity index (χ1n) is 6.70. The standard InChI is InChI=1S/C14H17F3N2O2/c15-14(16,17)12(13(20)21)10-18-6-8-19(9-7-18)11-4-2-1-3-5-11/h1-5,12H,6-10H2,(H,20,21). The Bertz CT molecular complexity index is 471. The number of rotatable bonds is 4. The van der Waals surface area contributed by atoms with Crippen molar-refractivity contribution in [2.75, 3.05) is 37.6 Å². The summed E-state index contributed by atoms with van der Waals surface area (Å²) in [5.41, 5.74) is 1.03. The van der Waals surface area contributed by atoms with Crippen LogP contribution in [0.15, 0.2) is 30.3 Å². The van der Waals surface area contributed by atoms with Gasteiger partial charge in [0.05, 0.1) is 0 Å². The highest BCUT2D eigenvalue weighted by atomic mass is 19.4. The van der Waals surface area contributed by atoms with Gasteiger partial charge in [0.2, 0.25) is 0 Å². The molecule has 7 heteroatoms. The summed E-state index contributed by atoms with van der Waals surface area (Å²) in [4.78, 5) is 14.4. The zero-order chi connectivity index (χ0) is 15.5. The number of nitrogens with zero attached hydrogens (tertiary/aromatic N) is 2. The fourth-order valence-corrected chi connectivity index (χ4v) is 2.41. The van der Waals surface area contributed by atoms with Gasteiger partial charge in [0, 0.05) is 38.4 Å². The Balaban J connectivity index is 1.91. The van der Waals surface area contributed by atoms with Crippen LogP contribution in [0, 0.1) is 5.92 Å². The van der Waals surface area contributed by atoms with E-state index in [9.17, 15) is 18.0 Å². The quantitative estimate of drug-likeness (QED) is 0.925. The first-order chi connectivity index (χ1) is 9.88. The summed E-state index contributed by atoms with van der Waals surface area (Å²) in [7, 11) is 0. The number of anilines is 1. The maximum absolute atomic E-state index is 12.6. The van der Waals surface area contributed by atoms with Crippen molar-refractivity contribution in [1.29, 1.82) is 0 Å². The first kappa shape index (κ1) is 15.6. The van der Waals surface area contributed by atoms with Crippen molar-refractivity contribution in [3.63, 3.8) is 0 Å². The summed E-state index contributed by atoms with van der Waals surface area (Å²) in [5, 5.41) is 8.71. The SMILES string of the molecule is O=C(O)C(CN1CCN(c2ccccc2)CC1)C(F)(F)F. The molecule has 1 saturated heterocycles. The van der Waals surface area contributed by atoms with Gasteiger partial charge in [0.1, 0.15) is 0 Å². The zero-order valence-electron chi connectivity index (χ0n) is 11.4. The number of carboxylic acid groups (broad SMARTS) is 1. The number of carbonyl (C=O) groups is 1. The Kier molecular flexibility index (Phi) is 4.72. The van der Waals surface area contributed by atoms with E-state index < -0.39 is 24.6 Å². The second-order valence-corrected chi connectivity index (χ2v) is 5.06. The molecule has 1 heterocycles. The number of halogens is 3. The molecule has 0 amide bonds. The van der Waals surface area contributed by atoms with E-state index in [0.29, 0.717) is 26.2 Å². The van der Waals surface area contributed by atoms with Crippen LogP contribution < -0.4 is 4.90 Å². The van der Waals surface area contributed by atoms with Crippen molar-refractivity contribution in [2.24, 2.45) is 5.92 Å². The lowest BCUT2D eigenvalue weighted by atomic mass is 10.1. The number of hydrogen-bond acceptors (Lipinski definition) is 3. The molecule has 0 aromatic heterocycles. The lowest BCUT2D eigenvalue weighted by molar-refractivity contribution is -0.196. The molecule has 1 aromatic rings. The van der Waals surface area contributed by atoms with Crippen LogP contribution in [0.1, 0.15) is 0 Å². The van der Waals surface area contributed by atoms with Crippen molar-refractivity contribution >= 4 is 11.7 Å². The first-order valence-corrected chi connectivity index (χ1v) is 6.70. The van der Waals surface area contributed by atoms with Gasteiger partial charge in [-0.15, -0.1) is 0 Å². The third-order valence-electron chi connectivity index (χ3n) is 3.63. The number of aliphatic carboxylic acids is 1. The highest BCUT2D eigenvalue weighted by molar-refractivity contribution is 5.71. The van der Waals surface area contributed by atoms with Crippen molar-refractivity contribution in [1.82, 2.24) is 4.90 Å². The molecule has 1 aromatic carbocycles. The minimum atomic E-state index is -4.71. The van der Waals surface area contributed by atoms with Crippen molar-refractivity contribution in [2.45, 2.75) is 6.18 Å². The normalized spacial score (nSPS) is 18.5. The zero-order valence-corrected chi connectivity index (χ0v) is 11.4. The molecule has 0 spiro atoms. The van der Waals surface area contributed by atoms with Gasteiger partial charge in [-0.1, -0.05) is 18.2 Å². The molecular weight excluding hydrogens is 285 g/mol. The van der Waals surface area contributed by atoms with Gasteiger partial charge >= 0.3 is 12.1 Å². The number of carboxylic acids is 1. The van der Waals surface area contributed by atoms with Gasteiger partial charge in [-0.3, -0.25) is 9.69 Å². The molecule has 1 aliphatic heterocycles. The van der Waals surface area contributed by atoms with Crippen LogP contribution in [0.5, 0.6) is 0 Å². The molecule has 0 saturated carbocycles. The van der Waals surface area contributed by atoms with E-state index in [2.05, 4.69) is 4.90 Å². The second kappa shape index (κ2) is 6.34. The molecular formula is C14H17F3N2O2. The summed E-state index contributed by atoms with van der Waals surface area (Å²) < 4.78 is 37.9. The van der Waals surface area contributed by atoms with Crippen LogP contribution in [0.25, 0.3) is 0 Å². The highest BCUT2D eigenvalue weighted by Gasteiger charge is 2.46. The Morgan fingerprint density at radius 1 is 1.14 bits per heavy atom. The Morgan fingerprint density at radius 3 is 2.19 bits per heavy atom. The van der Waals surface area contributed by atoms with Crippen LogP contribution in [0.4, 0.5) is 18.9 Å². The minimum Gasteiger partial charge on any atom is -0.481 e. The van der Waals surface area contributed by atoms with Crippen molar-refractivity contribution < 1.29 is 23.1 Å². The molecule has 1 aliphatic rings. The molecule has 21 heavy (non-hydrogen) atoms. The summed E-state index contributed by atoms with van der Waals surface area (Å²) in [6, 6.07) is 9.62. The second-order valence-electron chi connectivity index (χ2n) is 5.06. The topological polar surface area (TPSA) is 43.8 Å². The number of piperazine rings is 1. The third kappa shape index (κ3) is 4.10. The van der Waals surface area contributed by atoms with Gasteiger partial charge in [0.25, 0.3) is 0 Å². The van der Waals surface area contributed by atoms with E-state index in [4.69, 9.17) is 5.11 Å². The maximum atomic E-state index is 12.6. The molecule has 1 unspecified atom stereocenters. The van der Waals surface area contributed by atoms with E-state index in [0.717, 1.165) is 5.69 Å². The van der Waals surface area contributed by atoms with Crippen LogP contribution >= 0.6 is 0 Å². The number of para-hydroxylation sites is 1. The largest absolute Gasteiger partial charge is 0.481 e. The molecule has 0 bridgehead atoms. The number of benzene rings is 1. The summed E-state index contributed by atoms with van der Waals surface area (Å²) >= 11 is 0. The van der Waals surface area contributed by atoms with Gasteiger partial charge in [-0.2, -0.15) is 13.2 Å². The van der Waals surface area contributed by atoms with Crippen molar-refractivity contribution in [3.05, 3.63) is 30.3 Å². The average molecular weight is 302 g/mol. The van der Waals surface area contributed by atoms with Gasteiger partial charge < -0.3 is 10.0 Å². The smallest absolute Gasteiger partial charge is 0.403 e. The van der Waals surface area contributed by atoms with Gasteiger partial charge in [-0.25, -0.2) is 0 Å². The Labute approximate surface area is 120 Å². The molecule has 1 fully saturated rings. The number of hydrogen-bond donors (Lipinski definition) is 1. The van der Waals surface area contributed by atoms with Crippen LogP contribution in [0.2, 0.25) is 0 Å². The number of alkyl halides is 3. The third-order valence-corrected chi connectivity index (χ3v) is 3.63. The predicted octanol–water partition coefficient (Wildman–Crippen LogP) is 2.07. The molecule has 0 aliphatic carbocycles. The van der Waals surface area contributed by atoms with E-state index in [1.54, 1.807) is 4.90 Å². The molecule has 116 valence electrons. The monoisotopic (exact) mass is 302 g/mol. The van der Waals surface area contributed by atoms with E-state index in [-0.39, 0.29) is 0 Å². The van der Waals surface area contributed by atoms with E-state index in [1.165, 1.54) is 0 Å². The van der Waals surface area contributed by atoms with E-state index in [1.807, 2.05) is 30.3 Å². The lowest BCUT2D eigenvalue weighted by Gasteiger charge is -2.37. The highest BCUT2D eigenvalue weighted by Crippen LogP contribution is 2.28. The summed E-state index contributed by atoms with van der Waals surface area (Å²) in [5.74, 6) is -4.13. The molecule has 1 N–H and O–H groups in total. The van der Waals surface area contributed by atoms with Crippen molar-refractivity contribution in [3.8, 4) is 0 Å². The Hall–Kier alpha value is -1.76. The molecule has 4 nitrogen and oxygen atoms in total. The van der Waals surface area contributed by atoms with Gasteiger partial charge in [0.15, 0.2) is 5.92 Å². The predicted molar refractivity (Wildman–Crippen MR) is 72.3 cm³/mol. The molecule has 2 rings (SSSR count). The maximum Gasteiger partial charge on any atom is 0.403 e.